The van der Waals surface area contributed by atoms with Gasteiger partial charge in [0.2, 0.25) is 0 Å². The molecule has 0 saturated carbocycles. The third-order valence-electron chi connectivity index (χ3n) is 3.56. The van der Waals surface area contributed by atoms with Gasteiger partial charge < -0.3 is 9.88 Å². The standard InChI is InChI=1S/C15H19N3O2/c1-4-17-11(2)9-13(12(17)3)10-16-14-5-7-15(8-6-14)18(19)20/h5-9,16H,4,10H2,1-3H3. The van der Waals surface area contributed by atoms with Gasteiger partial charge in [0.15, 0.2) is 0 Å². The molecule has 2 aromatic rings. The van der Waals surface area contributed by atoms with Crippen molar-refractivity contribution in [3.05, 3.63) is 57.4 Å². The maximum absolute atomic E-state index is 10.6. The molecule has 0 fully saturated rings. The summed E-state index contributed by atoms with van der Waals surface area (Å²) >= 11 is 0. The Morgan fingerprint density at radius 1 is 1.25 bits per heavy atom. The van der Waals surface area contributed by atoms with Gasteiger partial charge in [0.1, 0.15) is 0 Å². The number of hydrogen-bond donors (Lipinski definition) is 1. The maximum Gasteiger partial charge on any atom is 0.269 e. The van der Waals surface area contributed by atoms with Crippen molar-refractivity contribution in [1.82, 2.24) is 4.57 Å². The van der Waals surface area contributed by atoms with Crippen LogP contribution in [0.4, 0.5) is 11.4 Å². The fourth-order valence-electron chi connectivity index (χ4n) is 2.44. The number of anilines is 1. The van der Waals surface area contributed by atoms with Crippen LogP contribution in [-0.4, -0.2) is 9.49 Å². The SMILES string of the molecule is CCn1c(C)cc(CNc2ccc([N+](=O)[O-])cc2)c1C. The van der Waals surface area contributed by atoms with Gasteiger partial charge in [-0.3, -0.25) is 10.1 Å². The van der Waals surface area contributed by atoms with Crippen LogP contribution in [0.15, 0.2) is 30.3 Å². The van der Waals surface area contributed by atoms with E-state index in [1.165, 1.54) is 29.1 Å². The largest absolute Gasteiger partial charge is 0.381 e. The predicted molar refractivity (Wildman–Crippen MR) is 80.0 cm³/mol. The number of aromatic nitrogens is 1. The zero-order valence-electron chi connectivity index (χ0n) is 12.0. The molecule has 5 nitrogen and oxygen atoms in total. The molecule has 1 aromatic carbocycles. The molecule has 0 atom stereocenters. The number of hydrogen-bond acceptors (Lipinski definition) is 3. The molecular weight excluding hydrogens is 254 g/mol. The zero-order valence-corrected chi connectivity index (χ0v) is 12.0. The number of benzene rings is 1. The maximum atomic E-state index is 10.6. The van der Waals surface area contributed by atoms with Crippen molar-refractivity contribution in [3.63, 3.8) is 0 Å². The summed E-state index contributed by atoms with van der Waals surface area (Å²) in [7, 11) is 0. The van der Waals surface area contributed by atoms with E-state index in [1.54, 1.807) is 12.1 Å². The first-order valence-electron chi connectivity index (χ1n) is 6.67. The lowest BCUT2D eigenvalue weighted by Crippen LogP contribution is -2.03. The summed E-state index contributed by atoms with van der Waals surface area (Å²) in [5.41, 5.74) is 4.77. The van der Waals surface area contributed by atoms with E-state index >= 15 is 0 Å². The second-order valence-corrected chi connectivity index (χ2v) is 4.80. The minimum Gasteiger partial charge on any atom is -0.381 e. The van der Waals surface area contributed by atoms with E-state index in [0.717, 1.165) is 18.8 Å². The van der Waals surface area contributed by atoms with Crippen LogP contribution in [0, 0.1) is 24.0 Å². The molecule has 0 aliphatic rings. The van der Waals surface area contributed by atoms with E-state index in [9.17, 15) is 10.1 Å². The topological polar surface area (TPSA) is 60.1 Å². The summed E-state index contributed by atoms with van der Waals surface area (Å²) in [5, 5.41) is 13.9. The van der Waals surface area contributed by atoms with Gasteiger partial charge in [-0.15, -0.1) is 0 Å². The van der Waals surface area contributed by atoms with Crippen LogP contribution in [0.5, 0.6) is 0 Å². The molecule has 0 aliphatic carbocycles. The van der Waals surface area contributed by atoms with Gasteiger partial charge in [0, 0.05) is 42.3 Å². The third-order valence-corrected chi connectivity index (χ3v) is 3.56. The van der Waals surface area contributed by atoms with Gasteiger partial charge >= 0.3 is 0 Å². The molecule has 1 aromatic heterocycles. The van der Waals surface area contributed by atoms with Gasteiger partial charge in [0.05, 0.1) is 4.92 Å². The molecule has 5 heteroatoms. The van der Waals surface area contributed by atoms with Gasteiger partial charge in [-0.25, -0.2) is 0 Å². The van der Waals surface area contributed by atoms with Gasteiger partial charge in [0.25, 0.3) is 5.69 Å². The van der Waals surface area contributed by atoms with Crippen molar-refractivity contribution in [2.75, 3.05) is 5.32 Å². The van der Waals surface area contributed by atoms with Crippen molar-refractivity contribution in [2.45, 2.75) is 33.9 Å². The van der Waals surface area contributed by atoms with E-state index in [2.05, 4.69) is 36.7 Å². The number of nitrogens with zero attached hydrogens (tertiary/aromatic N) is 2. The van der Waals surface area contributed by atoms with Crippen LogP contribution in [0.1, 0.15) is 23.9 Å². The van der Waals surface area contributed by atoms with Gasteiger partial charge in [-0.05, 0) is 44.5 Å². The van der Waals surface area contributed by atoms with E-state index in [4.69, 9.17) is 0 Å². The summed E-state index contributed by atoms with van der Waals surface area (Å²) in [6.07, 6.45) is 0. The molecule has 106 valence electrons. The fraction of sp³-hybridized carbons (Fsp3) is 0.333. The van der Waals surface area contributed by atoms with Crippen molar-refractivity contribution in [2.24, 2.45) is 0 Å². The minimum absolute atomic E-state index is 0.111. The average molecular weight is 273 g/mol. The summed E-state index contributed by atoms with van der Waals surface area (Å²) in [6.45, 7) is 8.04. The van der Waals surface area contributed by atoms with Crippen LogP contribution in [-0.2, 0) is 13.1 Å². The molecule has 1 heterocycles. The summed E-state index contributed by atoms with van der Waals surface area (Å²) in [4.78, 5) is 10.2. The Bertz CT molecular complexity index is 615. The Morgan fingerprint density at radius 3 is 2.40 bits per heavy atom. The smallest absolute Gasteiger partial charge is 0.269 e. The Morgan fingerprint density at radius 2 is 1.90 bits per heavy atom. The molecule has 0 unspecified atom stereocenters. The molecular formula is C15H19N3O2. The zero-order chi connectivity index (χ0) is 14.7. The van der Waals surface area contributed by atoms with E-state index < -0.39 is 4.92 Å². The first-order valence-corrected chi connectivity index (χ1v) is 6.67. The number of nitrogens with one attached hydrogen (secondary N) is 1. The highest BCUT2D eigenvalue weighted by Gasteiger charge is 2.08. The Labute approximate surface area is 118 Å². The number of non-ortho nitro benzene ring substituents is 1. The monoisotopic (exact) mass is 273 g/mol. The fourth-order valence-corrected chi connectivity index (χ4v) is 2.44. The molecule has 0 bridgehead atoms. The molecule has 0 aliphatic heterocycles. The lowest BCUT2D eigenvalue weighted by Gasteiger charge is -2.08. The number of aryl methyl sites for hydroxylation is 1. The number of rotatable bonds is 5. The molecule has 0 radical (unpaired) electrons. The average Bonchev–Trinajstić information content (AvgIpc) is 2.71. The number of nitro groups is 1. The molecule has 0 amide bonds. The third kappa shape index (κ3) is 2.82. The Balaban J connectivity index is 2.07. The highest BCUT2D eigenvalue weighted by Crippen LogP contribution is 2.19. The first-order chi connectivity index (χ1) is 9.52. The summed E-state index contributed by atoms with van der Waals surface area (Å²) < 4.78 is 2.27. The van der Waals surface area contributed by atoms with E-state index in [-0.39, 0.29) is 5.69 Å². The second-order valence-electron chi connectivity index (χ2n) is 4.80. The quantitative estimate of drug-likeness (QED) is 0.668. The lowest BCUT2D eigenvalue weighted by atomic mass is 10.2. The van der Waals surface area contributed by atoms with Gasteiger partial charge in [-0.1, -0.05) is 0 Å². The lowest BCUT2D eigenvalue weighted by molar-refractivity contribution is -0.384. The molecule has 2 rings (SSSR count). The van der Waals surface area contributed by atoms with E-state index in [0.29, 0.717) is 0 Å². The van der Waals surface area contributed by atoms with E-state index in [1.807, 2.05) is 0 Å². The van der Waals surface area contributed by atoms with Crippen LogP contribution in [0.2, 0.25) is 0 Å². The summed E-state index contributed by atoms with van der Waals surface area (Å²) in [6, 6.07) is 8.67. The highest BCUT2D eigenvalue weighted by atomic mass is 16.6. The normalized spacial score (nSPS) is 10.6. The van der Waals surface area contributed by atoms with Crippen molar-refractivity contribution in [1.29, 1.82) is 0 Å². The molecule has 0 spiro atoms. The predicted octanol–water partition coefficient (Wildman–Crippen LogP) is 3.65. The van der Waals surface area contributed by atoms with Crippen LogP contribution >= 0.6 is 0 Å². The van der Waals surface area contributed by atoms with Crippen LogP contribution in [0.25, 0.3) is 0 Å². The molecule has 1 N–H and O–H groups in total. The Hall–Kier alpha value is -2.30. The van der Waals surface area contributed by atoms with Crippen LogP contribution < -0.4 is 5.32 Å². The van der Waals surface area contributed by atoms with Gasteiger partial charge in [-0.2, -0.15) is 0 Å². The highest BCUT2D eigenvalue weighted by molar-refractivity contribution is 5.49. The number of nitro benzene ring substituents is 1. The van der Waals surface area contributed by atoms with Crippen molar-refractivity contribution >= 4 is 11.4 Å². The van der Waals surface area contributed by atoms with Crippen LogP contribution in [0.3, 0.4) is 0 Å². The summed E-state index contributed by atoms with van der Waals surface area (Å²) in [5.74, 6) is 0. The second kappa shape index (κ2) is 5.77. The molecule has 20 heavy (non-hydrogen) atoms. The minimum atomic E-state index is -0.390. The van der Waals surface area contributed by atoms with Crippen molar-refractivity contribution < 1.29 is 4.92 Å². The van der Waals surface area contributed by atoms with Crippen molar-refractivity contribution in [3.8, 4) is 0 Å². The molecule has 0 saturated heterocycles. The first kappa shape index (κ1) is 14.1. The Kier molecular flexibility index (Phi) is 4.08.